The van der Waals surface area contributed by atoms with E-state index in [0.717, 1.165) is 5.69 Å². The van der Waals surface area contributed by atoms with Crippen molar-refractivity contribution < 1.29 is 9.90 Å². The lowest BCUT2D eigenvalue weighted by molar-refractivity contribution is -0.132. The Morgan fingerprint density at radius 3 is 2.59 bits per heavy atom. The van der Waals surface area contributed by atoms with E-state index in [4.69, 9.17) is 10.4 Å². The molecule has 0 radical (unpaired) electrons. The van der Waals surface area contributed by atoms with Gasteiger partial charge in [-0.15, -0.1) is 0 Å². The molecule has 1 aromatic rings. The lowest BCUT2D eigenvalue weighted by Crippen LogP contribution is -2.14. The largest absolute Gasteiger partial charge is 0.477 e. The molecule has 0 aliphatic heterocycles. The van der Waals surface area contributed by atoms with Crippen LogP contribution in [-0.2, 0) is 17.3 Å². The highest BCUT2D eigenvalue weighted by atomic mass is 16.4. The van der Waals surface area contributed by atoms with E-state index in [-0.39, 0.29) is 11.0 Å². The first kappa shape index (κ1) is 13.0. The maximum Gasteiger partial charge on any atom is 0.346 e. The molecule has 0 spiro atoms. The highest BCUT2D eigenvalue weighted by Gasteiger charge is 2.21. The average molecular weight is 233 g/mol. The van der Waals surface area contributed by atoms with Crippen LogP contribution in [0.4, 0.5) is 0 Å². The summed E-state index contributed by atoms with van der Waals surface area (Å²) in [6, 6.07) is 1.66. The standard InChI is InChI=1S/C12H15N3O2/c1-12(2,3)10-9(7-15(4)14-10)5-8(6-13)11(16)17/h5,7H,1-4H3,(H,16,17)/b8-5-. The summed E-state index contributed by atoms with van der Waals surface area (Å²) >= 11 is 0. The summed E-state index contributed by atoms with van der Waals surface area (Å²) in [6.45, 7) is 5.96. The molecule has 0 aliphatic carbocycles. The summed E-state index contributed by atoms with van der Waals surface area (Å²) in [7, 11) is 1.76. The zero-order chi connectivity index (χ0) is 13.2. The molecular formula is C12H15N3O2. The first-order chi connectivity index (χ1) is 7.75. The van der Waals surface area contributed by atoms with Crippen molar-refractivity contribution in [3.8, 4) is 6.07 Å². The number of nitriles is 1. The molecule has 0 aromatic carbocycles. The van der Waals surface area contributed by atoms with E-state index in [1.54, 1.807) is 24.0 Å². The summed E-state index contributed by atoms with van der Waals surface area (Å²) in [5.74, 6) is -1.23. The number of aromatic nitrogens is 2. The second kappa shape index (κ2) is 4.42. The van der Waals surface area contributed by atoms with Crippen molar-refractivity contribution in [3.63, 3.8) is 0 Å². The van der Waals surface area contributed by atoms with Gasteiger partial charge in [-0.25, -0.2) is 4.79 Å². The Morgan fingerprint density at radius 1 is 1.59 bits per heavy atom. The summed E-state index contributed by atoms with van der Waals surface area (Å²) in [5, 5.41) is 21.8. The molecule has 0 saturated heterocycles. The average Bonchev–Trinajstić information content (AvgIpc) is 2.55. The monoisotopic (exact) mass is 233 g/mol. The molecule has 0 atom stereocenters. The van der Waals surface area contributed by atoms with Gasteiger partial charge < -0.3 is 5.11 Å². The molecule has 1 N–H and O–H groups in total. The van der Waals surface area contributed by atoms with Gasteiger partial charge in [-0.2, -0.15) is 10.4 Å². The van der Waals surface area contributed by atoms with E-state index in [1.165, 1.54) is 6.08 Å². The number of aliphatic carboxylic acids is 1. The van der Waals surface area contributed by atoms with Crippen LogP contribution in [0.5, 0.6) is 0 Å². The van der Waals surface area contributed by atoms with E-state index in [2.05, 4.69) is 5.10 Å². The SMILES string of the molecule is Cn1cc(/C=C(/C#N)C(=O)O)c(C(C)(C)C)n1. The fourth-order valence-corrected chi connectivity index (χ4v) is 1.49. The van der Waals surface area contributed by atoms with Crippen LogP contribution >= 0.6 is 0 Å². The number of rotatable bonds is 2. The fourth-order valence-electron chi connectivity index (χ4n) is 1.49. The number of aryl methyl sites for hydroxylation is 1. The lowest BCUT2D eigenvalue weighted by Gasteiger charge is -2.16. The maximum absolute atomic E-state index is 10.8. The fraction of sp³-hybridized carbons (Fsp3) is 0.417. The van der Waals surface area contributed by atoms with Gasteiger partial charge in [-0.1, -0.05) is 20.8 Å². The van der Waals surface area contributed by atoms with Gasteiger partial charge in [-0.05, 0) is 6.08 Å². The van der Waals surface area contributed by atoms with Crippen molar-refractivity contribution in [1.29, 1.82) is 5.26 Å². The number of carboxylic acids is 1. The van der Waals surface area contributed by atoms with Gasteiger partial charge >= 0.3 is 5.97 Å². The minimum absolute atomic E-state index is 0.202. The van der Waals surface area contributed by atoms with Crippen LogP contribution in [0.1, 0.15) is 32.0 Å². The number of carbonyl (C=O) groups is 1. The predicted molar refractivity (Wildman–Crippen MR) is 63.1 cm³/mol. The number of nitrogens with zero attached hydrogens (tertiary/aromatic N) is 3. The van der Waals surface area contributed by atoms with E-state index >= 15 is 0 Å². The van der Waals surface area contributed by atoms with Crippen LogP contribution in [0, 0.1) is 11.3 Å². The molecule has 90 valence electrons. The summed E-state index contributed by atoms with van der Waals surface area (Å²) in [6.07, 6.45) is 3.07. The van der Waals surface area contributed by atoms with Crippen LogP contribution in [-0.4, -0.2) is 20.9 Å². The third-order valence-electron chi connectivity index (χ3n) is 2.22. The molecule has 5 heteroatoms. The van der Waals surface area contributed by atoms with Crippen molar-refractivity contribution in [3.05, 3.63) is 23.0 Å². The molecule has 0 amide bonds. The molecule has 5 nitrogen and oxygen atoms in total. The van der Waals surface area contributed by atoms with Crippen LogP contribution < -0.4 is 0 Å². The molecule has 0 unspecified atom stereocenters. The van der Waals surface area contributed by atoms with Gasteiger partial charge in [0.2, 0.25) is 0 Å². The zero-order valence-electron chi connectivity index (χ0n) is 10.4. The first-order valence-corrected chi connectivity index (χ1v) is 5.15. The molecule has 0 fully saturated rings. The van der Waals surface area contributed by atoms with Gasteiger partial charge in [0.15, 0.2) is 0 Å². The Hall–Kier alpha value is -2.09. The number of hydrogen-bond donors (Lipinski definition) is 1. The summed E-state index contributed by atoms with van der Waals surface area (Å²) < 4.78 is 1.61. The summed E-state index contributed by atoms with van der Waals surface area (Å²) in [5.41, 5.74) is 0.947. The van der Waals surface area contributed by atoms with E-state index < -0.39 is 5.97 Å². The minimum atomic E-state index is -1.23. The van der Waals surface area contributed by atoms with Crippen molar-refractivity contribution in [2.24, 2.45) is 7.05 Å². The van der Waals surface area contributed by atoms with Crippen molar-refractivity contribution in [1.82, 2.24) is 9.78 Å². The smallest absolute Gasteiger partial charge is 0.346 e. The zero-order valence-corrected chi connectivity index (χ0v) is 10.4. The molecule has 1 rings (SSSR count). The van der Waals surface area contributed by atoms with E-state index in [1.807, 2.05) is 20.8 Å². The van der Waals surface area contributed by atoms with Gasteiger partial charge in [0.1, 0.15) is 11.6 Å². The third-order valence-corrected chi connectivity index (χ3v) is 2.22. The molecule has 0 aliphatic rings. The van der Waals surface area contributed by atoms with Crippen molar-refractivity contribution in [2.45, 2.75) is 26.2 Å². The van der Waals surface area contributed by atoms with E-state index in [0.29, 0.717) is 5.56 Å². The molecule has 0 saturated carbocycles. The van der Waals surface area contributed by atoms with Gasteiger partial charge in [0.25, 0.3) is 0 Å². The highest BCUT2D eigenvalue weighted by molar-refractivity contribution is 5.96. The van der Waals surface area contributed by atoms with Crippen molar-refractivity contribution in [2.75, 3.05) is 0 Å². The topological polar surface area (TPSA) is 78.9 Å². The number of carboxylic acid groups (broad SMARTS) is 1. The lowest BCUT2D eigenvalue weighted by atomic mass is 9.89. The Labute approximate surface area is 100.0 Å². The Morgan fingerprint density at radius 2 is 2.18 bits per heavy atom. The van der Waals surface area contributed by atoms with Crippen LogP contribution in [0.25, 0.3) is 6.08 Å². The minimum Gasteiger partial charge on any atom is -0.477 e. The second-order valence-corrected chi connectivity index (χ2v) is 4.83. The number of hydrogen-bond acceptors (Lipinski definition) is 3. The van der Waals surface area contributed by atoms with Crippen LogP contribution in [0.2, 0.25) is 0 Å². The molecule has 1 heterocycles. The first-order valence-electron chi connectivity index (χ1n) is 5.15. The van der Waals surface area contributed by atoms with Crippen LogP contribution in [0.15, 0.2) is 11.8 Å². The van der Waals surface area contributed by atoms with Crippen molar-refractivity contribution >= 4 is 12.0 Å². The highest BCUT2D eigenvalue weighted by Crippen LogP contribution is 2.25. The Balaban J connectivity index is 3.34. The molecular weight excluding hydrogens is 218 g/mol. The maximum atomic E-state index is 10.8. The van der Waals surface area contributed by atoms with Gasteiger partial charge in [0.05, 0.1) is 5.69 Å². The van der Waals surface area contributed by atoms with E-state index in [9.17, 15) is 4.79 Å². The molecule has 17 heavy (non-hydrogen) atoms. The van der Waals surface area contributed by atoms with Gasteiger partial charge in [0, 0.05) is 24.2 Å². The normalized spacial score (nSPS) is 12.3. The van der Waals surface area contributed by atoms with Crippen LogP contribution in [0.3, 0.4) is 0 Å². The predicted octanol–water partition coefficient (Wildman–Crippen LogP) is 1.71. The van der Waals surface area contributed by atoms with Gasteiger partial charge in [-0.3, -0.25) is 4.68 Å². The Kier molecular flexibility index (Phi) is 3.37. The summed E-state index contributed by atoms with van der Waals surface area (Å²) in [4.78, 5) is 10.8. The Bertz CT molecular complexity index is 513. The second-order valence-electron chi connectivity index (χ2n) is 4.83. The quantitative estimate of drug-likeness (QED) is 0.623. The molecule has 0 bridgehead atoms. The third kappa shape index (κ3) is 2.94. The molecule has 1 aromatic heterocycles.